The molecule has 0 aliphatic heterocycles. The Morgan fingerprint density at radius 1 is 1.23 bits per heavy atom. The number of anilines is 1. The van der Waals surface area contributed by atoms with Gasteiger partial charge in [0.15, 0.2) is 5.69 Å². The molecular weight excluding hydrogens is 286 g/mol. The van der Waals surface area contributed by atoms with Gasteiger partial charge in [-0.3, -0.25) is 19.8 Å². The Hall–Kier alpha value is -3.42. The zero-order valence-electron chi connectivity index (χ0n) is 11.2. The molecule has 0 fully saturated rings. The van der Waals surface area contributed by atoms with E-state index < -0.39 is 11.9 Å². The van der Waals surface area contributed by atoms with E-state index in [-0.39, 0.29) is 11.4 Å². The number of imidazole rings is 1. The fourth-order valence-corrected chi connectivity index (χ4v) is 1.91. The summed E-state index contributed by atoms with van der Waals surface area (Å²) in [5.41, 5.74) is 0.653. The van der Waals surface area contributed by atoms with Crippen LogP contribution in [0, 0.1) is 0 Å². The van der Waals surface area contributed by atoms with Crippen molar-refractivity contribution in [2.45, 2.75) is 0 Å². The number of H-pyrrole nitrogens is 1. The number of hydrogen-bond acceptors (Lipinski definition) is 4. The highest BCUT2D eigenvalue weighted by molar-refractivity contribution is 6.03. The second-order valence-electron chi connectivity index (χ2n) is 4.38. The minimum absolute atomic E-state index is 0.0278. The topological polar surface area (TPSA) is 113 Å². The molecule has 1 amide bonds. The predicted molar refractivity (Wildman–Crippen MR) is 77.1 cm³/mol. The predicted octanol–water partition coefficient (Wildman–Crippen LogP) is 1.55. The van der Waals surface area contributed by atoms with Gasteiger partial charge >= 0.3 is 5.97 Å². The van der Waals surface area contributed by atoms with Crippen LogP contribution in [0.1, 0.15) is 21.0 Å². The summed E-state index contributed by atoms with van der Waals surface area (Å²) in [4.78, 5) is 26.9. The number of carbonyl (C=O) groups is 2. The van der Waals surface area contributed by atoms with Crippen molar-refractivity contribution in [2.24, 2.45) is 0 Å². The summed E-state index contributed by atoms with van der Waals surface area (Å²) in [5, 5.41) is 17.3. The summed E-state index contributed by atoms with van der Waals surface area (Å²) in [6, 6.07) is 10.5. The van der Waals surface area contributed by atoms with Crippen molar-refractivity contribution < 1.29 is 14.7 Å². The van der Waals surface area contributed by atoms with E-state index in [0.29, 0.717) is 5.95 Å². The Bertz CT molecular complexity index is 822. The highest BCUT2D eigenvalue weighted by atomic mass is 16.4. The number of nitrogens with one attached hydrogen (secondary N) is 2. The van der Waals surface area contributed by atoms with Crippen LogP contribution in [0.3, 0.4) is 0 Å². The third-order valence-corrected chi connectivity index (χ3v) is 2.94. The monoisotopic (exact) mass is 297 g/mol. The number of rotatable bonds is 4. The van der Waals surface area contributed by atoms with Crippen molar-refractivity contribution in [2.75, 3.05) is 5.32 Å². The fourth-order valence-electron chi connectivity index (χ4n) is 1.91. The number of nitrogens with zero attached hydrogens (tertiary/aromatic N) is 3. The van der Waals surface area contributed by atoms with E-state index in [0.717, 1.165) is 11.8 Å². The molecule has 8 nitrogen and oxygen atoms in total. The third kappa shape index (κ3) is 2.57. The van der Waals surface area contributed by atoms with Crippen LogP contribution in [-0.2, 0) is 0 Å². The molecule has 3 rings (SSSR count). The quantitative estimate of drug-likeness (QED) is 0.676. The van der Waals surface area contributed by atoms with E-state index in [1.54, 1.807) is 17.0 Å². The molecule has 0 unspecified atom stereocenters. The Balaban J connectivity index is 1.83. The van der Waals surface area contributed by atoms with E-state index in [1.165, 1.54) is 0 Å². The normalized spacial score (nSPS) is 10.4. The molecule has 0 saturated heterocycles. The van der Waals surface area contributed by atoms with E-state index in [9.17, 15) is 9.59 Å². The van der Waals surface area contributed by atoms with Gasteiger partial charge in [0.1, 0.15) is 5.69 Å². The van der Waals surface area contributed by atoms with Gasteiger partial charge in [0.05, 0.1) is 0 Å². The van der Waals surface area contributed by atoms with Crippen LogP contribution in [0.15, 0.2) is 48.8 Å². The van der Waals surface area contributed by atoms with Gasteiger partial charge in [-0.25, -0.2) is 9.78 Å². The van der Waals surface area contributed by atoms with Crippen molar-refractivity contribution in [3.8, 4) is 5.69 Å². The number of para-hydroxylation sites is 1. The second-order valence-corrected chi connectivity index (χ2v) is 4.38. The number of amides is 1. The zero-order chi connectivity index (χ0) is 15.5. The zero-order valence-corrected chi connectivity index (χ0v) is 11.2. The number of benzene rings is 1. The van der Waals surface area contributed by atoms with Crippen LogP contribution in [-0.4, -0.2) is 36.7 Å². The van der Waals surface area contributed by atoms with E-state index in [1.807, 2.05) is 30.3 Å². The average Bonchev–Trinajstić information content (AvgIpc) is 3.17. The number of hydrogen-bond donors (Lipinski definition) is 3. The number of aromatic nitrogens is 4. The minimum Gasteiger partial charge on any atom is -0.477 e. The molecular formula is C14H11N5O3. The first-order valence-corrected chi connectivity index (χ1v) is 6.34. The Labute approximate surface area is 124 Å². The van der Waals surface area contributed by atoms with Crippen molar-refractivity contribution in [1.29, 1.82) is 0 Å². The number of carboxylic acid groups (broad SMARTS) is 1. The molecule has 3 aromatic rings. The number of carbonyl (C=O) groups excluding carboxylic acids is 1. The largest absolute Gasteiger partial charge is 0.477 e. The molecule has 3 N–H and O–H groups in total. The maximum absolute atomic E-state index is 12.1. The SMILES string of the molecule is O=C(Nc1nccn1-c1ccccc1)c1cc(C(=O)O)[nH]n1. The van der Waals surface area contributed by atoms with Crippen molar-refractivity contribution in [3.63, 3.8) is 0 Å². The number of carboxylic acids is 1. The van der Waals surface area contributed by atoms with Crippen LogP contribution in [0.5, 0.6) is 0 Å². The number of aromatic carboxylic acids is 1. The first-order chi connectivity index (χ1) is 10.6. The third-order valence-electron chi connectivity index (χ3n) is 2.94. The Kier molecular flexibility index (Phi) is 3.40. The lowest BCUT2D eigenvalue weighted by atomic mass is 10.3. The molecule has 1 aromatic carbocycles. The Morgan fingerprint density at radius 3 is 2.68 bits per heavy atom. The molecule has 0 radical (unpaired) electrons. The summed E-state index contributed by atoms with van der Waals surface area (Å²) in [6.45, 7) is 0. The van der Waals surface area contributed by atoms with Gasteiger partial charge in [-0.2, -0.15) is 5.10 Å². The van der Waals surface area contributed by atoms with Gasteiger partial charge in [-0.05, 0) is 12.1 Å². The van der Waals surface area contributed by atoms with Gasteiger partial charge in [-0.1, -0.05) is 18.2 Å². The maximum Gasteiger partial charge on any atom is 0.353 e. The van der Waals surface area contributed by atoms with Gasteiger partial charge in [0.25, 0.3) is 5.91 Å². The van der Waals surface area contributed by atoms with Gasteiger partial charge < -0.3 is 5.11 Å². The molecule has 110 valence electrons. The van der Waals surface area contributed by atoms with Crippen molar-refractivity contribution >= 4 is 17.8 Å². The number of aromatic amines is 1. The smallest absolute Gasteiger partial charge is 0.353 e. The molecule has 0 aliphatic rings. The summed E-state index contributed by atoms with van der Waals surface area (Å²) in [5.74, 6) is -1.42. The van der Waals surface area contributed by atoms with Gasteiger partial charge in [0, 0.05) is 24.1 Å². The van der Waals surface area contributed by atoms with Crippen LogP contribution in [0.4, 0.5) is 5.95 Å². The molecule has 2 heterocycles. The highest BCUT2D eigenvalue weighted by Crippen LogP contribution is 2.14. The van der Waals surface area contributed by atoms with Crippen molar-refractivity contribution in [1.82, 2.24) is 19.7 Å². The molecule has 2 aromatic heterocycles. The molecule has 0 bridgehead atoms. The lowest BCUT2D eigenvalue weighted by Gasteiger charge is -2.07. The summed E-state index contributed by atoms with van der Waals surface area (Å²) < 4.78 is 1.70. The van der Waals surface area contributed by atoms with Crippen LogP contribution in [0.2, 0.25) is 0 Å². The lowest BCUT2D eigenvalue weighted by molar-refractivity contribution is 0.0690. The van der Waals surface area contributed by atoms with E-state index in [2.05, 4.69) is 20.5 Å². The lowest BCUT2D eigenvalue weighted by Crippen LogP contribution is -2.15. The fraction of sp³-hybridized carbons (Fsp3) is 0. The maximum atomic E-state index is 12.1. The van der Waals surface area contributed by atoms with Crippen molar-refractivity contribution in [3.05, 3.63) is 60.2 Å². The molecule has 22 heavy (non-hydrogen) atoms. The summed E-state index contributed by atoms with van der Waals surface area (Å²) >= 11 is 0. The molecule has 0 aliphatic carbocycles. The van der Waals surface area contributed by atoms with Crippen LogP contribution >= 0.6 is 0 Å². The standard InChI is InChI=1S/C14H11N5O3/c20-12(10-8-11(13(21)22)18-17-10)16-14-15-6-7-19(14)9-4-2-1-3-5-9/h1-8H,(H,17,18)(H,21,22)(H,15,16,20). The second kappa shape index (κ2) is 5.52. The van der Waals surface area contributed by atoms with Crippen LogP contribution < -0.4 is 5.32 Å². The first-order valence-electron chi connectivity index (χ1n) is 6.34. The van der Waals surface area contributed by atoms with E-state index >= 15 is 0 Å². The molecule has 0 spiro atoms. The molecule has 0 atom stereocenters. The van der Waals surface area contributed by atoms with E-state index in [4.69, 9.17) is 5.11 Å². The Morgan fingerprint density at radius 2 is 2.00 bits per heavy atom. The summed E-state index contributed by atoms with van der Waals surface area (Å²) in [6.07, 6.45) is 3.26. The first kappa shape index (κ1) is 13.6. The van der Waals surface area contributed by atoms with Gasteiger partial charge in [-0.15, -0.1) is 0 Å². The highest BCUT2D eigenvalue weighted by Gasteiger charge is 2.16. The minimum atomic E-state index is -1.18. The average molecular weight is 297 g/mol. The summed E-state index contributed by atoms with van der Waals surface area (Å²) in [7, 11) is 0. The van der Waals surface area contributed by atoms with Gasteiger partial charge in [0.2, 0.25) is 5.95 Å². The molecule has 8 heteroatoms. The van der Waals surface area contributed by atoms with Crippen LogP contribution in [0.25, 0.3) is 5.69 Å². The molecule has 0 saturated carbocycles.